The van der Waals surface area contributed by atoms with E-state index in [1.165, 1.54) is 14.2 Å². The van der Waals surface area contributed by atoms with E-state index >= 15 is 0 Å². The Kier molecular flexibility index (Phi) is 6.63. The molecule has 156 valence electrons. The fourth-order valence-corrected chi connectivity index (χ4v) is 2.72. The summed E-state index contributed by atoms with van der Waals surface area (Å²) in [5.74, 6) is 0.375. The largest absolute Gasteiger partial charge is 0.493 e. The smallest absolute Gasteiger partial charge is 0.316 e. The molecular weight excluding hydrogens is 388 g/mol. The average Bonchev–Trinajstić information content (AvgIpc) is 3.26. The van der Waals surface area contributed by atoms with E-state index in [0.29, 0.717) is 22.9 Å². The minimum atomic E-state index is -0.512. The van der Waals surface area contributed by atoms with Gasteiger partial charge in [0.05, 0.1) is 14.2 Å². The van der Waals surface area contributed by atoms with Gasteiger partial charge >= 0.3 is 11.8 Å². The number of carbonyl (C=O) groups is 2. The van der Waals surface area contributed by atoms with Crippen LogP contribution in [0.3, 0.4) is 0 Å². The first-order valence-electron chi connectivity index (χ1n) is 9.21. The number of amides is 2. The van der Waals surface area contributed by atoms with Gasteiger partial charge in [0.25, 0.3) is 5.91 Å². The number of benzene rings is 2. The molecule has 3 aromatic rings. The number of ether oxygens (including phenoxy) is 2. The highest BCUT2D eigenvalue weighted by Crippen LogP contribution is 2.27. The third kappa shape index (κ3) is 4.93. The molecule has 9 nitrogen and oxygen atoms in total. The monoisotopic (exact) mass is 410 g/mol. The Labute approximate surface area is 173 Å². The third-order valence-electron chi connectivity index (χ3n) is 4.24. The average molecular weight is 410 g/mol. The predicted molar refractivity (Wildman–Crippen MR) is 109 cm³/mol. The number of nitrogens with zero attached hydrogens (tertiary/aromatic N) is 2. The highest BCUT2D eigenvalue weighted by molar-refractivity contribution is 5.95. The molecule has 2 amide bonds. The lowest BCUT2D eigenvalue weighted by atomic mass is 10.1. The molecule has 0 saturated heterocycles. The van der Waals surface area contributed by atoms with Crippen molar-refractivity contribution in [1.82, 2.24) is 20.8 Å². The SMILES string of the molecule is COc1ccc(C(=O)NCCNC(=O)c2nc(-c3cccc(C)c3)no2)cc1OC. The van der Waals surface area contributed by atoms with Crippen molar-refractivity contribution in [3.8, 4) is 22.9 Å². The number of rotatable bonds is 8. The molecule has 0 unspecified atom stereocenters. The maximum absolute atomic E-state index is 12.3. The van der Waals surface area contributed by atoms with Crippen LogP contribution in [0.1, 0.15) is 26.6 Å². The Bertz CT molecular complexity index is 1050. The van der Waals surface area contributed by atoms with Gasteiger partial charge in [-0.25, -0.2) is 0 Å². The first kappa shape index (κ1) is 20.8. The van der Waals surface area contributed by atoms with E-state index in [0.717, 1.165) is 11.1 Å². The zero-order valence-electron chi connectivity index (χ0n) is 16.9. The van der Waals surface area contributed by atoms with Gasteiger partial charge in [-0.3, -0.25) is 9.59 Å². The highest BCUT2D eigenvalue weighted by atomic mass is 16.5. The molecule has 0 saturated carbocycles. The summed E-state index contributed by atoms with van der Waals surface area (Å²) >= 11 is 0. The van der Waals surface area contributed by atoms with Gasteiger partial charge in [-0.2, -0.15) is 4.98 Å². The first-order chi connectivity index (χ1) is 14.5. The molecule has 0 aliphatic rings. The van der Waals surface area contributed by atoms with Crippen molar-refractivity contribution < 1.29 is 23.6 Å². The third-order valence-corrected chi connectivity index (χ3v) is 4.24. The van der Waals surface area contributed by atoms with Crippen molar-refractivity contribution in [3.63, 3.8) is 0 Å². The molecule has 0 bridgehead atoms. The molecule has 0 spiro atoms. The molecule has 2 aromatic carbocycles. The van der Waals surface area contributed by atoms with E-state index < -0.39 is 5.91 Å². The van der Waals surface area contributed by atoms with Crippen LogP contribution in [0.2, 0.25) is 0 Å². The van der Waals surface area contributed by atoms with Crippen LogP contribution < -0.4 is 20.1 Å². The Balaban J connectivity index is 1.50. The second-order valence-electron chi connectivity index (χ2n) is 6.37. The van der Waals surface area contributed by atoms with Crippen molar-refractivity contribution >= 4 is 11.8 Å². The summed E-state index contributed by atoms with van der Waals surface area (Å²) in [4.78, 5) is 28.5. The lowest BCUT2D eigenvalue weighted by molar-refractivity contribution is 0.0898. The van der Waals surface area contributed by atoms with Crippen molar-refractivity contribution in [2.45, 2.75) is 6.92 Å². The summed E-state index contributed by atoms with van der Waals surface area (Å²) < 4.78 is 15.4. The Morgan fingerprint density at radius 2 is 1.70 bits per heavy atom. The van der Waals surface area contributed by atoms with Gasteiger partial charge in [-0.1, -0.05) is 28.9 Å². The normalized spacial score (nSPS) is 10.4. The number of carbonyl (C=O) groups excluding carboxylic acids is 2. The van der Waals surface area contributed by atoms with Crippen molar-refractivity contribution in [3.05, 3.63) is 59.5 Å². The van der Waals surface area contributed by atoms with Crippen molar-refractivity contribution in [2.75, 3.05) is 27.3 Å². The predicted octanol–water partition coefficient (Wildman–Crippen LogP) is 2.22. The second kappa shape index (κ2) is 9.55. The molecule has 1 aromatic heterocycles. The summed E-state index contributed by atoms with van der Waals surface area (Å²) in [6, 6.07) is 12.4. The summed E-state index contributed by atoms with van der Waals surface area (Å²) in [5, 5.41) is 9.18. The minimum Gasteiger partial charge on any atom is -0.493 e. The summed E-state index contributed by atoms with van der Waals surface area (Å²) in [6.07, 6.45) is 0. The molecule has 2 N–H and O–H groups in total. The number of aromatic nitrogens is 2. The van der Waals surface area contributed by atoms with Gasteiger partial charge < -0.3 is 24.6 Å². The Morgan fingerprint density at radius 3 is 2.40 bits per heavy atom. The molecule has 9 heteroatoms. The first-order valence-corrected chi connectivity index (χ1v) is 9.21. The fourth-order valence-electron chi connectivity index (χ4n) is 2.72. The summed E-state index contributed by atoms with van der Waals surface area (Å²) in [7, 11) is 3.02. The molecule has 3 rings (SSSR count). The maximum atomic E-state index is 12.3. The van der Waals surface area contributed by atoms with Gasteiger partial charge in [0.2, 0.25) is 5.82 Å². The Morgan fingerprint density at radius 1 is 0.967 bits per heavy atom. The van der Waals surface area contributed by atoms with E-state index in [1.54, 1.807) is 18.2 Å². The van der Waals surface area contributed by atoms with Gasteiger partial charge in [-0.05, 0) is 31.2 Å². The van der Waals surface area contributed by atoms with Crippen molar-refractivity contribution in [1.29, 1.82) is 0 Å². The zero-order valence-corrected chi connectivity index (χ0v) is 16.9. The lowest BCUT2D eigenvalue weighted by Gasteiger charge is -2.10. The molecule has 0 radical (unpaired) electrons. The molecule has 0 atom stereocenters. The number of hydrogen-bond acceptors (Lipinski definition) is 7. The van der Waals surface area contributed by atoms with Crippen LogP contribution >= 0.6 is 0 Å². The van der Waals surface area contributed by atoms with Crippen LogP contribution in [0, 0.1) is 6.92 Å². The molecule has 0 fully saturated rings. The van der Waals surface area contributed by atoms with Crippen LogP contribution in [0.25, 0.3) is 11.4 Å². The Hall–Kier alpha value is -3.88. The molecule has 0 aliphatic heterocycles. The van der Waals surface area contributed by atoms with E-state index in [4.69, 9.17) is 14.0 Å². The molecule has 1 heterocycles. The maximum Gasteiger partial charge on any atom is 0.316 e. The van der Waals surface area contributed by atoms with Crippen LogP contribution in [-0.4, -0.2) is 49.3 Å². The quantitative estimate of drug-likeness (QED) is 0.547. The van der Waals surface area contributed by atoms with Crippen LogP contribution in [0.15, 0.2) is 47.0 Å². The van der Waals surface area contributed by atoms with Crippen LogP contribution in [0.5, 0.6) is 11.5 Å². The zero-order chi connectivity index (χ0) is 21.5. The molecular formula is C21H22N4O5. The number of nitrogens with one attached hydrogen (secondary N) is 2. The molecule has 0 aliphatic carbocycles. The van der Waals surface area contributed by atoms with Gasteiger partial charge in [0.15, 0.2) is 11.5 Å². The second-order valence-corrected chi connectivity index (χ2v) is 6.37. The number of hydrogen-bond donors (Lipinski definition) is 2. The van der Waals surface area contributed by atoms with Crippen LogP contribution in [-0.2, 0) is 0 Å². The van der Waals surface area contributed by atoms with Crippen molar-refractivity contribution in [2.24, 2.45) is 0 Å². The van der Waals surface area contributed by atoms with Crippen LogP contribution in [0.4, 0.5) is 0 Å². The fraction of sp³-hybridized carbons (Fsp3) is 0.238. The number of methoxy groups -OCH3 is 2. The summed E-state index contributed by atoms with van der Waals surface area (Å²) in [5.41, 5.74) is 2.23. The van der Waals surface area contributed by atoms with E-state index in [9.17, 15) is 9.59 Å². The molecule has 30 heavy (non-hydrogen) atoms. The topological polar surface area (TPSA) is 116 Å². The highest BCUT2D eigenvalue weighted by Gasteiger charge is 2.16. The summed E-state index contributed by atoms with van der Waals surface area (Å²) in [6.45, 7) is 2.37. The van der Waals surface area contributed by atoms with Gasteiger partial charge in [0.1, 0.15) is 0 Å². The standard InChI is InChI=1S/C21H22N4O5/c1-13-5-4-6-14(11-13)18-24-21(30-25-18)20(27)23-10-9-22-19(26)15-7-8-16(28-2)17(12-15)29-3/h4-8,11-12H,9-10H2,1-3H3,(H,22,26)(H,23,27). The van der Waals surface area contributed by atoms with E-state index in [1.807, 2.05) is 31.2 Å². The van der Waals surface area contributed by atoms with Gasteiger partial charge in [0, 0.05) is 24.2 Å². The van der Waals surface area contributed by atoms with E-state index in [2.05, 4.69) is 20.8 Å². The number of aryl methyl sites for hydroxylation is 1. The van der Waals surface area contributed by atoms with E-state index in [-0.39, 0.29) is 24.9 Å². The lowest BCUT2D eigenvalue weighted by Crippen LogP contribution is -2.34. The van der Waals surface area contributed by atoms with Gasteiger partial charge in [-0.15, -0.1) is 0 Å². The minimum absolute atomic E-state index is 0.141.